The normalized spacial score (nSPS) is 12.8. The predicted molar refractivity (Wildman–Crippen MR) is 46.3 cm³/mol. The highest BCUT2D eigenvalue weighted by Gasteiger charge is 2.19. The second-order valence-corrected chi connectivity index (χ2v) is 3.67. The molecule has 0 aromatic carbocycles. The van der Waals surface area contributed by atoms with Gasteiger partial charge in [-0.2, -0.15) is 0 Å². The van der Waals surface area contributed by atoms with Crippen molar-refractivity contribution in [3.8, 4) is 0 Å². The third-order valence-electron chi connectivity index (χ3n) is 1.52. The Balaban J connectivity index is 2.87. The van der Waals surface area contributed by atoms with Gasteiger partial charge in [0.25, 0.3) is 0 Å². The molecule has 1 aromatic heterocycles. The number of thiazole rings is 1. The Morgan fingerprint density at radius 2 is 2.58 bits per heavy atom. The lowest BCUT2D eigenvalue weighted by Gasteiger charge is -2.04. The van der Waals surface area contributed by atoms with Crippen LogP contribution in [0.4, 0.5) is 0 Å². The van der Waals surface area contributed by atoms with E-state index in [9.17, 15) is 4.79 Å². The van der Waals surface area contributed by atoms with E-state index in [1.54, 1.807) is 6.20 Å². The molecular weight excluding hydrogens is 176 g/mol. The maximum absolute atomic E-state index is 10.6. The summed E-state index contributed by atoms with van der Waals surface area (Å²) in [7, 11) is 0. The summed E-state index contributed by atoms with van der Waals surface area (Å²) in [5.41, 5.74) is 5.31. The Morgan fingerprint density at radius 3 is 2.92 bits per heavy atom. The molecule has 0 saturated heterocycles. The molecule has 1 unspecified atom stereocenters. The molecule has 1 rings (SSSR count). The number of nitrogens with two attached hydrogens (primary N) is 1. The zero-order chi connectivity index (χ0) is 9.14. The van der Waals surface area contributed by atoms with Gasteiger partial charge in [0.1, 0.15) is 5.92 Å². The number of carboxylic acid groups (broad SMARTS) is 1. The van der Waals surface area contributed by atoms with Crippen molar-refractivity contribution >= 4 is 17.3 Å². The van der Waals surface area contributed by atoms with Gasteiger partial charge in [0.05, 0.1) is 5.01 Å². The molecule has 0 aliphatic heterocycles. The predicted octanol–water partition coefficient (Wildman–Crippen LogP) is 0.578. The van der Waals surface area contributed by atoms with Crippen molar-refractivity contribution in [1.29, 1.82) is 0 Å². The molecule has 0 radical (unpaired) electrons. The highest BCUT2D eigenvalue weighted by molar-refractivity contribution is 7.11. The van der Waals surface area contributed by atoms with Gasteiger partial charge in [-0.15, -0.1) is 11.3 Å². The highest BCUT2D eigenvalue weighted by atomic mass is 32.1. The van der Waals surface area contributed by atoms with Crippen LogP contribution in [0.25, 0.3) is 0 Å². The van der Waals surface area contributed by atoms with E-state index in [-0.39, 0.29) is 6.54 Å². The van der Waals surface area contributed by atoms with E-state index in [4.69, 9.17) is 10.8 Å². The summed E-state index contributed by atoms with van der Waals surface area (Å²) in [5, 5.41) is 9.60. The van der Waals surface area contributed by atoms with Crippen LogP contribution >= 0.6 is 11.3 Å². The van der Waals surface area contributed by atoms with Crippen molar-refractivity contribution < 1.29 is 9.90 Å². The molecule has 5 heteroatoms. The van der Waals surface area contributed by atoms with Crippen molar-refractivity contribution in [3.05, 3.63) is 16.1 Å². The zero-order valence-corrected chi connectivity index (χ0v) is 7.47. The van der Waals surface area contributed by atoms with Crippen LogP contribution in [0.5, 0.6) is 0 Å². The van der Waals surface area contributed by atoms with Crippen LogP contribution < -0.4 is 5.73 Å². The van der Waals surface area contributed by atoms with Gasteiger partial charge >= 0.3 is 5.97 Å². The topological polar surface area (TPSA) is 76.2 Å². The molecular formula is C7H10N2O2S. The third kappa shape index (κ3) is 1.80. The van der Waals surface area contributed by atoms with E-state index < -0.39 is 11.9 Å². The summed E-state index contributed by atoms with van der Waals surface area (Å²) in [5.74, 6) is -1.49. The highest BCUT2D eigenvalue weighted by Crippen LogP contribution is 2.21. The van der Waals surface area contributed by atoms with E-state index in [2.05, 4.69) is 4.98 Å². The second kappa shape index (κ2) is 3.64. The molecule has 1 heterocycles. The fourth-order valence-corrected chi connectivity index (χ4v) is 1.77. The first-order valence-electron chi connectivity index (χ1n) is 3.50. The number of aliphatic carboxylic acids is 1. The van der Waals surface area contributed by atoms with Gasteiger partial charge in [0, 0.05) is 17.6 Å². The molecule has 4 nitrogen and oxygen atoms in total. The Labute approximate surface area is 74.0 Å². The van der Waals surface area contributed by atoms with Crippen molar-refractivity contribution in [2.24, 2.45) is 5.73 Å². The number of aromatic nitrogens is 1. The lowest BCUT2D eigenvalue weighted by molar-refractivity contribution is -0.138. The Hall–Kier alpha value is -0.940. The quantitative estimate of drug-likeness (QED) is 0.724. The van der Waals surface area contributed by atoms with Gasteiger partial charge in [-0.3, -0.25) is 4.79 Å². The van der Waals surface area contributed by atoms with Gasteiger partial charge in [-0.05, 0) is 6.92 Å². The summed E-state index contributed by atoms with van der Waals surface area (Å²) in [6, 6.07) is 0. The minimum absolute atomic E-state index is 0.122. The SMILES string of the molecule is Cc1ncc(C(CN)C(=O)O)s1. The van der Waals surface area contributed by atoms with Crippen molar-refractivity contribution in [2.75, 3.05) is 6.54 Å². The van der Waals surface area contributed by atoms with Crippen LogP contribution in [0.1, 0.15) is 15.8 Å². The largest absolute Gasteiger partial charge is 0.481 e. The van der Waals surface area contributed by atoms with Crippen LogP contribution in [-0.4, -0.2) is 22.6 Å². The fraction of sp³-hybridized carbons (Fsp3) is 0.429. The summed E-state index contributed by atoms with van der Waals surface area (Å²) >= 11 is 1.38. The Kier molecular flexibility index (Phi) is 2.78. The average molecular weight is 186 g/mol. The Bertz CT molecular complexity index is 285. The third-order valence-corrected chi connectivity index (χ3v) is 2.54. The van der Waals surface area contributed by atoms with Gasteiger partial charge in [-0.25, -0.2) is 4.98 Å². The van der Waals surface area contributed by atoms with Crippen LogP contribution in [0, 0.1) is 6.92 Å². The Morgan fingerprint density at radius 1 is 1.92 bits per heavy atom. The number of hydrogen-bond donors (Lipinski definition) is 2. The van der Waals surface area contributed by atoms with Crippen molar-refractivity contribution in [3.63, 3.8) is 0 Å². The van der Waals surface area contributed by atoms with Crippen LogP contribution in [0.3, 0.4) is 0 Å². The van der Waals surface area contributed by atoms with Crippen LogP contribution in [-0.2, 0) is 4.79 Å². The molecule has 3 N–H and O–H groups in total. The number of carboxylic acids is 1. The van der Waals surface area contributed by atoms with E-state index in [0.717, 1.165) is 9.88 Å². The van der Waals surface area contributed by atoms with E-state index in [1.165, 1.54) is 11.3 Å². The minimum atomic E-state index is -0.888. The van der Waals surface area contributed by atoms with Crippen LogP contribution in [0.15, 0.2) is 6.20 Å². The second-order valence-electron chi connectivity index (χ2n) is 2.41. The lowest BCUT2D eigenvalue weighted by atomic mass is 10.1. The molecule has 0 aliphatic carbocycles. The molecule has 0 amide bonds. The maximum atomic E-state index is 10.6. The summed E-state index contributed by atoms with van der Waals surface area (Å²) in [6.45, 7) is 1.96. The molecule has 0 fully saturated rings. The van der Waals surface area contributed by atoms with Crippen LogP contribution in [0.2, 0.25) is 0 Å². The molecule has 0 bridgehead atoms. The molecule has 66 valence electrons. The van der Waals surface area contributed by atoms with Gasteiger partial charge in [-0.1, -0.05) is 0 Å². The summed E-state index contributed by atoms with van der Waals surface area (Å²) in [4.78, 5) is 15.3. The van der Waals surface area contributed by atoms with E-state index in [1.807, 2.05) is 6.92 Å². The number of carbonyl (C=O) groups is 1. The number of nitrogens with zero attached hydrogens (tertiary/aromatic N) is 1. The van der Waals surface area contributed by atoms with Gasteiger partial charge < -0.3 is 10.8 Å². The van der Waals surface area contributed by atoms with E-state index >= 15 is 0 Å². The minimum Gasteiger partial charge on any atom is -0.481 e. The summed E-state index contributed by atoms with van der Waals surface area (Å²) in [6.07, 6.45) is 1.58. The van der Waals surface area contributed by atoms with Gasteiger partial charge in [0.2, 0.25) is 0 Å². The average Bonchev–Trinajstić information content (AvgIpc) is 2.37. The maximum Gasteiger partial charge on any atom is 0.313 e. The van der Waals surface area contributed by atoms with E-state index in [0.29, 0.717) is 0 Å². The first-order chi connectivity index (χ1) is 5.65. The molecule has 12 heavy (non-hydrogen) atoms. The molecule has 1 atom stereocenters. The molecule has 0 spiro atoms. The fourth-order valence-electron chi connectivity index (χ4n) is 0.878. The van der Waals surface area contributed by atoms with Crippen molar-refractivity contribution in [2.45, 2.75) is 12.8 Å². The summed E-state index contributed by atoms with van der Waals surface area (Å²) < 4.78 is 0. The van der Waals surface area contributed by atoms with Crippen molar-refractivity contribution in [1.82, 2.24) is 4.98 Å². The first-order valence-corrected chi connectivity index (χ1v) is 4.32. The lowest BCUT2D eigenvalue weighted by Crippen LogP contribution is -2.19. The van der Waals surface area contributed by atoms with Gasteiger partial charge in [0.15, 0.2) is 0 Å². The standard InChI is InChI=1S/C7H10N2O2S/c1-4-9-3-6(12-4)5(2-8)7(10)11/h3,5H,2,8H2,1H3,(H,10,11). The monoisotopic (exact) mass is 186 g/mol. The number of aryl methyl sites for hydroxylation is 1. The number of rotatable bonds is 3. The zero-order valence-electron chi connectivity index (χ0n) is 6.65. The molecule has 1 aromatic rings. The molecule has 0 saturated carbocycles. The number of hydrogen-bond acceptors (Lipinski definition) is 4. The molecule has 0 aliphatic rings. The first kappa shape index (κ1) is 9.15. The smallest absolute Gasteiger partial charge is 0.313 e.